The predicted molar refractivity (Wildman–Crippen MR) is 156 cm³/mol. The monoisotopic (exact) mass is 591 g/mol. The predicted octanol–water partition coefficient (Wildman–Crippen LogP) is 5.35. The number of ether oxygens (including phenoxy) is 3. The Hall–Kier alpha value is -1.77. The van der Waals surface area contributed by atoms with Crippen molar-refractivity contribution in [3.8, 4) is 0 Å². The number of hydrogen-bond donors (Lipinski definition) is 1. The van der Waals surface area contributed by atoms with E-state index in [0.717, 1.165) is 6.92 Å². The van der Waals surface area contributed by atoms with E-state index in [1.165, 1.54) is 6.92 Å². The standard InChI is InChI=1S/C27H53NO9Si2/c1-18(30)34-20(16-29)22(28-24(32)36-25(3,4)5)23(35-19(2)31)21(37-39(14,15)27(9,10)11)17-33-38(12,13)26(6,7)8/h16,20-23H,17H2,1-15H3,(H,28,32)/t20-,21-,22+,23-/m1/s1. The van der Waals surface area contributed by atoms with Crippen molar-refractivity contribution in [2.24, 2.45) is 0 Å². The lowest BCUT2D eigenvalue weighted by atomic mass is 10.0. The molecule has 0 spiro atoms. The van der Waals surface area contributed by atoms with Gasteiger partial charge in [-0.15, -0.1) is 0 Å². The van der Waals surface area contributed by atoms with Crippen LogP contribution in [-0.2, 0) is 37.4 Å². The van der Waals surface area contributed by atoms with Gasteiger partial charge in [-0.1, -0.05) is 41.5 Å². The highest BCUT2D eigenvalue weighted by Crippen LogP contribution is 2.40. The third-order valence-corrected chi connectivity index (χ3v) is 16.2. The maximum absolute atomic E-state index is 12.9. The van der Waals surface area contributed by atoms with Crippen molar-refractivity contribution in [3.63, 3.8) is 0 Å². The molecule has 0 aromatic carbocycles. The zero-order chi connectivity index (χ0) is 31.2. The summed E-state index contributed by atoms with van der Waals surface area (Å²) in [5, 5.41) is 2.26. The Morgan fingerprint density at radius 3 is 1.62 bits per heavy atom. The summed E-state index contributed by atoms with van der Waals surface area (Å²) >= 11 is 0. The summed E-state index contributed by atoms with van der Waals surface area (Å²) in [5.41, 5.74) is -0.855. The van der Waals surface area contributed by atoms with E-state index in [4.69, 9.17) is 23.1 Å². The highest BCUT2D eigenvalue weighted by molar-refractivity contribution is 6.74. The van der Waals surface area contributed by atoms with Crippen molar-refractivity contribution >= 4 is 41.0 Å². The number of carbonyl (C=O) groups is 4. The van der Waals surface area contributed by atoms with Gasteiger partial charge in [0.15, 0.2) is 35.1 Å². The van der Waals surface area contributed by atoms with Gasteiger partial charge in [0.2, 0.25) is 0 Å². The Morgan fingerprint density at radius 2 is 1.26 bits per heavy atom. The van der Waals surface area contributed by atoms with Gasteiger partial charge in [-0.3, -0.25) is 14.4 Å². The molecule has 0 aliphatic rings. The van der Waals surface area contributed by atoms with Gasteiger partial charge in [0.05, 0.1) is 6.61 Å². The van der Waals surface area contributed by atoms with E-state index < -0.39 is 64.6 Å². The zero-order valence-electron chi connectivity index (χ0n) is 26.8. The second kappa shape index (κ2) is 13.7. The third kappa shape index (κ3) is 12.5. The second-order valence-electron chi connectivity index (χ2n) is 13.9. The highest BCUT2D eigenvalue weighted by atomic mass is 28.4. The van der Waals surface area contributed by atoms with Gasteiger partial charge in [-0.25, -0.2) is 4.79 Å². The van der Waals surface area contributed by atoms with Gasteiger partial charge in [-0.05, 0) is 57.0 Å². The fraction of sp³-hybridized carbons (Fsp3) is 0.852. The first-order valence-electron chi connectivity index (χ1n) is 13.3. The summed E-state index contributed by atoms with van der Waals surface area (Å²) in [6, 6.07) is -1.32. The largest absolute Gasteiger partial charge is 0.457 e. The van der Waals surface area contributed by atoms with Crippen molar-refractivity contribution in [2.45, 2.75) is 142 Å². The smallest absolute Gasteiger partial charge is 0.408 e. The van der Waals surface area contributed by atoms with Gasteiger partial charge in [0.25, 0.3) is 0 Å². The summed E-state index contributed by atoms with van der Waals surface area (Å²) in [5.74, 6) is -1.41. The molecule has 0 radical (unpaired) electrons. The normalized spacial score (nSPS) is 16.4. The first-order chi connectivity index (χ1) is 17.2. The van der Waals surface area contributed by atoms with Gasteiger partial charge < -0.3 is 28.4 Å². The first kappa shape index (κ1) is 37.2. The fourth-order valence-electron chi connectivity index (χ4n) is 3.00. The second-order valence-corrected chi connectivity index (χ2v) is 23.5. The molecule has 12 heteroatoms. The molecule has 0 aliphatic carbocycles. The van der Waals surface area contributed by atoms with Gasteiger partial charge in [0, 0.05) is 13.8 Å². The van der Waals surface area contributed by atoms with Crippen molar-refractivity contribution < 1.29 is 42.2 Å². The van der Waals surface area contributed by atoms with Gasteiger partial charge in [-0.2, -0.15) is 0 Å². The topological polar surface area (TPSA) is 126 Å². The summed E-state index contributed by atoms with van der Waals surface area (Å²) in [7, 11) is -4.83. The maximum Gasteiger partial charge on any atom is 0.408 e. The molecular formula is C27H53NO9Si2. The van der Waals surface area contributed by atoms with Crippen LogP contribution in [0.4, 0.5) is 4.79 Å². The maximum atomic E-state index is 12.9. The molecule has 4 atom stereocenters. The van der Waals surface area contributed by atoms with Crippen LogP contribution in [0.1, 0.15) is 76.2 Å². The summed E-state index contributed by atoms with van der Waals surface area (Å²) in [6.07, 6.45) is -4.12. The van der Waals surface area contributed by atoms with E-state index in [0.29, 0.717) is 6.29 Å². The number of nitrogens with one attached hydrogen (secondary N) is 1. The summed E-state index contributed by atoms with van der Waals surface area (Å²) < 4.78 is 29.7. The Kier molecular flexibility index (Phi) is 13.1. The molecule has 0 aromatic heterocycles. The lowest BCUT2D eigenvalue weighted by Crippen LogP contribution is -2.62. The number of carbonyl (C=O) groups excluding carboxylic acids is 4. The molecule has 0 rings (SSSR count). The molecular weight excluding hydrogens is 538 g/mol. The minimum atomic E-state index is -2.52. The Bertz CT molecular complexity index is 855. The molecule has 1 N–H and O–H groups in total. The van der Waals surface area contributed by atoms with E-state index in [1.54, 1.807) is 20.8 Å². The number of alkyl carbamates (subject to hydrolysis) is 1. The molecule has 0 fully saturated rings. The van der Waals surface area contributed by atoms with Crippen molar-refractivity contribution in [1.29, 1.82) is 0 Å². The highest BCUT2D eigenvalue weighted by Gasteiger charge is 2.48. The van der Waals surface area contributed by atoms with Crippen molar-refractivity contribution in [3.05, 3.63) is 0 Å². The van der Waals surface area contributed by atoms with Crippen LogP contribution in [-0.4, -0.2) is 77.5 Å². The average Bonchev–Trinajstić information content (AvgIpc) is 2.68. The van der Waals surface area contributed by atoms with Crippen LogP contribution in [0.5, 0.6) is 0 Å². The molecule has 0 saturated carbocycles. The molecule has 228 valence electrons. The lowest BCUT2D eigenvalue weighted by molar-refractivity contribution is -0.165. The van der Waals surface area contributed by atoms with Crippen LogP contribution in [0.2, 0.25) is 36.3 Å². The van der Waals surface area contributed by atoms with Gasteiger partial charge in [0.1, 0.15) is 17.7 Å². The van der Waals surface area contributed by atoms with Crippen LogP contribution in [0.15, 0.2) is 0 Å². The van der Waals surface area contributed by atoms with Crippen LogP contribution < -0.4 is 5.32 Å². The van der Waals surface area contributed by atoms with Crippen LogP contribution in [0.3, 0.4) is 0 Å². The van der Waals surface area contributed by atoms with Crippen LogP contribution in [0, 0.1) is 0 Å². The molecule has 0 unspecified atom stereocenters. The molecule has 0 aliphatic heterocycles. The molecule has 0 bridgehead atoms. The molecule has 10 nitrogen and oxygen atoms in total. The Balaban J connectivity index is 6.92. The average molecular weight is 592 g/mol. The number of esters is 2. The third-order valence-electron chi connectivity index (χ3n) is 7.16. The van der Waals surface area contributed by atoms with Gasteiger partial charge >= 0.3 is 18.0 Å². The lowest BCUT2D eigenvalue weighted by Gasteiger charge is -2.44. The SMILES string of the molecule is CC(=O)O[C@@H]([C@@H](NC(=O)OC(C)(C)C)[C@@H](C=O)OC(C)=O)[C@@H](CO[Si](C)(C)C(C)(C)C)O[Si](C)(C)C(C)(C)C. The number of aldehydes is 1. The van der Waals surface area contributed by atoms with E-state index in [-0.39, 0.29) is 16.7 Å². The summed E-state index contributed by atoms with van der Waals surface area (Å²) in [6.45, 7) is 28.2. The Morgan fingerprint density at radius 1 is 0.795 bits per heavy atom. The zero-order valence-corrected chi connectivity index (χ0v) is 28.8. The van der Waals surface area contributed by atoms with Crippen molar-refractivity contribution in [2.75, 3.05) is 6.61 Å². The molecule has 0 heterocycles. The molecule has 39 heavy (non-hydrogen) atoms. The number of amides is 1. The summed E-state index contributed by atoms with van der Waals surface area (Å²) in [4.78, 5) is 49.4. The molecule has 1 amide bonds. The first-order valence-corrected chi connectivity index (χ1v) is 19.2. The van der Waals surface area contributed by atoms with E-state index in [1.807, 2.05) is 13.1 Å². The van der Waals surface area contributed by atoms with E-state index in [2.05, 4.69) is 60.0 Å². The van der Waals surface area contributed by atoms with Crippen LogP contribution in [0.25, 0.3) is 0 Å². The minimum absolute atomic E-state index is 0.0269. The molecule has 0 aromatic rings. The number of hydrogen-bond acceptors (Lipinski definition) is 9. The Labute approximate surface area is 237 Å². The van der Waals surface area contributed by atoms with E-state index in [9.17, 15) is 19.2 Å². The van der Waals surface area contributed by atoms with Crippen molar-refractivity contribution in [1.82, 2.24) is 5.32 Å². The fourth-order valence-corrected chi connectivity index (χ4v) is 5.33. The quantitative estimate of drug-likeness (QED) is 0.138. The minimum Gasteiger partial charge on any atom is -0.457 e. The van der Waals surface area contributed by atoms with Crippen LogP contribution >= 0.6 is 0 Å². The molecule has 0 saturated heterocycles. The van der Waals surface area contributed by atoms with E-state index >= 15 is 0 Å². The number of rotatable bonds is 12.